The first kappa shape index (κ1) is 11.1. The number of hydrogen-bond acceptors (Lipinski definition) is 4. The van der Waals surface area contributed by atoms with Crippen molar-refractivity contribution in [1.82, 2.24) is 15.2 Å². The summed E-state index contributed by atoms with van der Waals surface area (Å²) in [5, 5.41) is 8.52. The number of amides is 1. The summed E-state index contributed by atoms with van der Waals surface area (Å²) < 4.78 is 13.3. The van der Waals surface area contributed by atoms with Crippen LogP contribution in [0.4, 0.5) is 15.8 Å². The first-order valence-electron chi connectivity index (χ1n) is 4.81. The zero-order valence-corrected chi connectivity index (χ0v) is 8.99. The lowest BCUT2D eigenvalue weighted by atomic mass is 10.2. The second kappa shape index (κ2) is 4.20. The number of aryl methyl sites for hydroxylation is 1. The highest BCUT2D eigenvalue weighted by atomic mass is 19.1. The van der Waals surface area contributed by atoms with Crippen LogP contribution in [0.3, 0.4) is 0 Å². The molecule has 2 aromatic rings. The molecular weight excluding hydrogens is 225 g/mol. The van der Waals surface area contributed by atoms with Gasteiger partial charge in [0.15, 0.2) is 0 Å². The number of nitrogens with zero attached hydrogens (tertiary/aromatic N) is 2. The van der Waals surface area contributed by atoms with E-state index in [2.05, 4.69) is 20.5 Å². The van der Waals surface area contributed by atoms with Crippen LogP contribution in [0.25, 0.3) is 0 Å². The van der Waals surface area contributed by atoms with Crippen LogP contribution in [0.2, 0.25) is 0 Å². The van der Waals surface area contributed by atoms with Crippen molar-refractivity contribution < 1.29 is 9.18 Å². The van der Waals surface area contributed by atoms with Crippen molar-refractivity contribution in [3.05, 3.63) is 35.7 Å². The van der Waals surface area contributed by atoms with Gasteiger partial charge in [0.1, 0.15) is 11.6 Å². The van der Waals surface area contributed by atoms with Gasteiger partial charge in [-0.3, -0.25) is 9.89 Å². The van der Waals surface area contributed by atoms with Crippen LogP contribution in [-0.2, 0) is 0 Å². The molecule has 2 rings (SSSR count). The van der Waals surface area contributed by atoms with E-state index in [1.54, 1.807) is 6.92 Å². The summed E-state index contributed by atoms with van der Waals surface area (Å²) >= 11 is 0. The third-order valence-corrected chi connectivity index (χ3v) is 2.04. The molecule has 0 fully saturated rings. The van der Waals surface area contributed by atoms with E-state index in [0.29, 0.717) is 11.5 Å². The molecule has 0 saturated carbocycles. The van der Waals surface area contributed by atoms with Gasteiger partial charge in [-0.05, 0) is 25.1 Å². The smallest absolute Gasteiger partial charge is 0.295 e. The molecule has 1 amide bonds. The van der Waals surface area contributed by atoms with Crippen molar-refractivity contribution in [3.63, 3.8) is 0 Å². The van der Waals surface area contributed by atoms with Crippen LogP contribution >= 0.6 is 0 Å². The highest BCUT2D eigenvalue weighted by Gasteiger charge is 2.13. The van der Waals surface area contributed by atoms with E-state index in [1.165, 1.54) is 18.2 Å². The SMILES string of the molecule is Cc1nc(C(=O)Nc2cc(N)ccc2F)n[nH]1. The molecule has 0 aliphatic rings. The molecule has 0 spiro atoms. The van der Waals surface area contributed by atoms with Crippen LogP contribution < -0.4 is 11.1 Å². The number of H-pyrrole nitrogens is 1. The summed E-state index contributed by atoms with van der Waals surface area (Å²) in [4.78, 5) is 15.5. The van der Waals surface area contributed by atoms with Crippen molar-refractivity contribution >= 4 is 17.3 Å². The number of aromatic nitrogens is 3. The molecule has 0 radical (unpaired) electrons. The van der Waals surface area contributed by atoms with Crippen molar-refractivity contribution in [2.45, 2.75) is 6.92 Å². The summed E-state index contributed by atoms with van der Waals surface area (Å²) in [5.74, 6) is -0.717. The average molecular weight is 235 g/mol. The number of nitrogens with two attached hydrogens (primary N) is 1. The van der Waals surface area contributed by atoms with Crippen LogP contribution in [0.15, 0.2) is 18.2 Å². The predicted molar refractivity (Wildman–Crippen MR) is 59.9 cm³/mol. The van der Waals surface area contributed by atoms with Gasteiger partial charge in [-0.15, -0.1) is 5.10 Å². The molecule has 4 N–H and O–H groups in total. The molecule has 88 valence electrons. The summed E-state index contributed by atoms with van der Waals surface area (Å²) in [7, 11) is 0. The van der Waals surface area contributed by atoms with E-state index >= 15 is 0 Å². The molecular formula is C10H10FN5O. The molecule has 0 aliphatic heterocycles. The van der Waals surface area contributed by atoms with Crippen molar-refractivity contribution in [3.8, 4) is 0 Å². The highest BCUT2D eigenvalue weighted by molar-refractivity contribution is 6.01. The number of carbonyl (C=O) groups is 1. The number of anilines is 2. The van der Waals surface area contributed by atoms with Crippen LogP contribution in [0, 0.1) is 12.7 Å². The monoisotopic (exact) mass is 235 g/mol. The number of benzene rings is 1. The van der Waals surface area contributed by atoms with E-state index in [-0.39, 0.29) is 11.5 Å². The topological polar surface area (TPSA) is 96.7 Å². The Kier molecular flexibility index (Phi) is 2.73. The molecule has 1 aromatic carbocycles. The van der Waals surface area contributed by atoms with E-state index < -0.39 is 11.7 Å². The second-order valence-electron chi connectivity index (χ2n) is 3.44. The van der Waals surface area contributed by atoms with Gasteiger partial charge in [0, 0.05) is 5.69 Å². The maximum atomic E-state index is 13.3. The minimum absolute atomic E-state index is 0.00236. The molecule has 6 nitrogen and oxygen atoms in total. The summed E-state index contributed by atoms with van der Waals surface area (Å²) in [6, 6.07) is 3.91. The fourth-order valence-electron chi connectivity index (χ4n) is 1.26. The third-order valence-electron chi connectivity index (χ3n) is 2.04. The fraction of sp³-hybridized carbons (Fsp3) is 0.100. The number of halogens is 1. The van der Waals surface area contributed by atoms with Gasteiger partial charge in [0.25, 0.3) is 5.91 Å². The van der Waals surface area contributed by atoms with E-state index in [0.717, 1.165) is 0 Å². The Morgan fingerprint density at radius 1 is 1.53 bits per heavy atom. The Morgan fingerprint density at radius 2 is 2.29 bits per heavy atom. The van der Waals surface area contributed by atoms with Gasteiger partial charge < -0.3 is 11.1 Å². The first-order valence-corrected chi connectivity index (χ1v) is 4.81. The number of hydrogen-bond donors (Lipinski definition) is 3. The Balaban J connectivity index is 2.21. The maximum Gasteiger partial charge on any atom is 0.295 e. The molecule has 1 heterocycles. The minimum atomic E-state index is -0.598. The third kappa shape index (κ3) is 2.39. The van der Waals surface area contributed by atoms with Crippen molar-refractivity contribution in [2.75, 3.05) is 11.1 Å². The number of aromatic amines is 1. The largest absolute Gasteiger partial charge is 0.399 e. The number of nitrogen functional groups attached to an aromatic ring is 1. The van der Waals surface area contributed by atoms with E-state index in [9.17, 15) is 9.18 Å². The Labute approximate surface area is 96.1 Å². The van der Waals surface area contributed by atoms with Gasteiger partial charge in [-0.2, -0.15) is 0 Å². The Bertz CT molecular complexity index is 566. The zero-order chi connectivity index (χ0) is 12.4. The Hall–Kier alpha value is -2.44. The van der Waals surface area contributed by atoms with Crippen molar-refractivity contribution in [2.24, 2.45) is 0 Å². The normalized spacial score (nSPS) is 10.2. The summed E-state index contributed by atoms with van der Waals surface area (Å²) in [6.45, 7) is 1.66. The predicted octanol–water partition coefficient (Wildman–Crippen LogP) is 1.09. The molecule has 0 bridgehead atoms. The standard InChI is InChI=1S/C10H10FN5O/c1-5-13-9(16-15-5)10(17)14-8-4-6(12)2-3-7(8)11/h2-4H,12H2,1H3,(H,14,17)(H,13,15,16). The highest BCUT2D eigenvalue weighted by Crippen LogP contribution is 2.17. The molecule has 1 aromatic heterocycles. The van der Waals surface area contributed by atoms with Gasteiger partial charge in [0.2, 0.25) is 5.82 Å². The lowest BCUT2D eigenvalue weighted by Crippen LogP contribution is -2.15. The summed E-state index contributed by atoms with van der Waals surface area (Å²) in [5.41, 5.74) is 5.84. The van der Waals surface area contributed by atoms with Crippen LogP contribution in [-0.4, -0.2) is 21.1 Å². The first-order chi connectivity index (χ1) is 8.06. The van der Waals surface area contributed by atoms with Gasteiger partial charge in [-0.25, -0.2) is 9.37 Å². The second-order valence-corrected chi connectivity index (χ2v) is 3.44. The van der Waals surface area contributed by atoms with Gasteiger partial charge in [-0.1, -0.05) is 0 Å². The number of carbonyl (C=O) groups excluding carboxylic acids is 1. The maximum absolute atomic E-state index is 13.3. The molecule has 0 atom stereocenters. The van der Waals surface area contributed by atoms with Gasteiger partial charge in [0.05, 0.1) is 5.69 Å². The van der Waals surface area contributed by atoms with Gasteiger partial charge >= 0.3 is 0 Å². The van der Waals surface area contributed by atoms with Crippen LogP contribution in [0.5, 0.6) is 0 Å². The molecule has 0 saturated heterocycles. The summed E-state index contributed by atoms with van der Waals surface area (Å²) in [6.07, 6.45) is 0. The minimum Gasteiger partial charge on any atom is -0.399 e. The number of rotatable bonds is 2. The zero-order valence-electron chi connectivity index (χ0n) is 8.99. The molecule has 0 aliphatic carbocycles. The Morgan fingerprint density at radius 3 is 2.94 bits per heavy atom. The molecule has 0 unspecified atom stereocenters. The van der Waals surface area contributed by atoms with Crippen LogP contribution in [0.1, 0.15) is 16.4 Å². The lowest BCUT2D eigenvalue weighted by molar-refractivity contribution is 0.101. The number of nitrogens with one attached hydrogen (secondary N) is 2. The average Bonchev–Trinajstić information content (AvgIpc) is 2.70. The molecule has 7 heteroatoms. The van der Waals surface area contributed by atoms with E-state index in [4.69, 9.17) is 5.73 Å². The fourth-order valence-corrected chi connectivity index (χ4v) is 1.26. The quantitative estimate of drug-likeness (QED) is 0.678. The molecule has 17 heavy (non-hydrogen) atoms. The van der Waals surface area contributed by atoms with Crippen molar-refractivity contribution in [1.29, 1.82) is 0 Å². The lowest BCUT2D eigenvalue weighted by Gasteiger charge is -2.04. The van der Waals surface area contributed by atoms with E-state index in [1.807, 2.05) is 0 Å².